The maximum Gasteiger partial charge on any atom is 0.183 e. The van der Waals surface area contributed by atoms with Crippen molar-refractivity contribution in [3.8, 4) is 0 Å². The maximum absolute atomic E-state index is 11.5. The number of rotatable bonds is 4. The summed E-state index contributed by atoms with van der Waals surface area (Å²) in [6.45, 7) is 7.82. The summed E-state index contributed by atoms with van der Waals surface area (Å²) < 4.78 is 0. The minimum atomic E-state index is 0.179. The molecule has 0 aromatic rings. The third-order valence-electron chi connectivity index (χ3n) is 1.74. The smallest absolute Gasteiger partial charge is 0.183 e. The Morgan fingerprint density at radius 3 is 1.58 bits per heavy atom. The number of carbonyl (C=O) groups excluding carboxylic acids is 1. The van der Waals surface area contributed by atoms with Crippen molar-refractivity contribution in [3.63, 3.8) is 0 Å². The molecule has 0 radical (unpaired) electrons. The summed E-state index contributed by atoms with van der Waals surface area (Å²) in [6.07, 6.45) is 5.79. The van der Waals surface area contributed by atoms with Crippen LogP contribution in [-0.2, 0) is 4.79 Å². The second kappa shape index (κ2) is 5.76. The SMILES string of the molecule is CCC=C(C)C(=O)C(C)=CCC. The average molecular weight is 166 g/mol. The van der Waals surface area contributed by atoms with Crippen molar-refractivity contribution in [2.24, 2.45) is 0 Å². The quantitative estimate of drug-likeness (QED) is 0.586. The number of carbonyl (C=O) groups is 1. The molecule has 0 spiro atoms. The zero-order chi connectivity index (χ0) is 9.56. The minimum absolute atomic E-state index is 0.179. The maximum atomic E-state index is 11.5. The minimum Gasteiger partial charge on any atom is -0.289 e. The van der Waals surface area contributed by atoms with E-state index in [-0.39, 0.29) is 5.78 Å². The molecule has 68 valence electrons. The average Bonchev–Trinajstić information content (AvgIpc) is 2.04. The molecular formula is C11H18O. The molecule has 0 bridgehead atoms. The Morgan fingerprint density at radius 1 is 1.00 bits per heavy atom. The van der Waals surface area contributed by atoms with Crippen LogP contribution < -0.4 is 0 Å². The molecule has 0 aromatic heterocycles. The molecule has 0 aromatic carbocycles. The van der Waals surface area contributed by atoms with Crippen molar-refractivity contribution in [2.45, 2.75) is 40.5 Å². The summed E-state index contributed by atoms with van der Waals surface area (Å²) in [5, 5.41) is 0. The van der Waals surface area contributed by atoms with E-state index in [0.717, 1.165) is 24.0 Å². The highest BCUT2D eigenvalue weighted by atomic mass is 16.1. The van der Waals surface area contributed by atoms with Crippen molar-refractivity contribution < 1.29 is 4.79 Å². The van der Waals surface area contributed by atoms with E-state index in [1.165, 1.54) is 0 Å². The predicted molar refractivity (Wildman–Crippen MR) is 53.1 cm³/mol. The zero-order valence-electron chi connectivity index (χ0n) is 8.48. The first-order chi connectivity index (χ1) is 5.63. The lowest BCUT2D eigenvalue weighted by Gasteiger charge is -1.99. The van der Waals surface area contributed by atoms with Gasteiger partial charge in [0.2, 0.25) is 0 Å². The number of ketones is 1. The van der Waals surface area contributed by atoms with Crippen molar-refractivity contribution in [1.82, 2.24) is 0 Å². The van der Waals surface area contributed by atoms with E-state index < -0.39 is 0 Å². The van der Waals surface area contributed by atoms with Gasteiger partial charge in [0.25, 0.3) is 0 Å². The first-order valence-electron chi connectivity index (χ1n) is 4.51. The van der Waals surface area contributed by atoms with Gasteiger partial charge < -0.3 is 0 Å². The second-order valence-corrected chi connectivity index (χ2v) is 2.92. The number of hydrogen-bond acceptors (Lipinski definition) is 1. The highest BCUT2D eigenvalue weighted by Crippen LogP contribution is 2.06. The summed E-state index contributed by atoms with van der Waals surface area (Å²) in [5.74, 6) is 0.179. The lowest BCUT2D eigenvalue weighted by Crippen LogP contribution is -2.00. The number of allylic oxidation sites excluding steroid dienone is 4. The molecule has 0 saturated carbocycles. The fourth-order valence-electron chi connectivity index (χ4n) is 1.11. The molecule has 0 rings (SSSR count). The Morgan fingerprint density at radius 2 is 1.33 bits per heavy atom. The Hall–Kier alpha value is -0.850. The summed E-state index contributed by atoms with van der Waals surface area (Å²) in [4.78, 5) is 11.5. The van der Waals surface area contributed by atoms with Gasteiger partial charge in [-0.15, -0.1) is 0 Å². The Balaban J connectivity index is 4.39. The van der Waals surface area contributed by atoms with Gasteiger partial charge in [-0.2, -0.15) is 0 Å². The summed E-state index contributed by atoms with van der Waals surface area (Å²) in [6, 6.07) is 0. The molecule has 0 unspecified atom stereocenters. The Kier molecular flexibility index (Phi) is 5.35. The van der Waals surface area contributed by atoms with Crippen molar-refractivity contribution in [2.75, 3.05) is 0 Å². The van der Waals surface area contributed by atoms with Gasteiger partial charge in [0, 0.05) is 0 Å². The van der Waals surface area contributed by atoms with Gasteiger partial charge in [0.15, 0.2) is 5.78 Å². The van der Waals surface area contributed by atoms with Gasteiger partial charge in [-0.05, 0) is 37.8 Å². The number of hydrogen-bond donors (Lipinski definition) is 0. The fraction of sp³-hybridized carbons (Fsp3) is 0.545. The van der Waals surface area contributed by atoms with Gasteiger partial charge in [0.1, 0.15) is 0 Å². The molecule has 0 aliphatic carbocycles. The van der Waals surface area contributed by atoms with Crippen LogP contribution in [0.25, 0.3) is 0 Å². The van der Waals surface area contributed by atoms with Gasteiger partial charge in [0.05, 0.1) is 0 Å². The molecule has 0 saturated heterocycles. The molecule has 0 aliphatic heterocycles. The van der Waals surface area contributed by atoms with E-state index in [9.17, 15) is 4.79 Å². The molecular weight excluding hydrogens is 148 g/mol. The van der Waals surface area contributed by atoms with Crippen molar-refractivity contribution in [1.29, 1.82) is 0 Å². The van der Waals surface area contributed by atoms with Crippen LogP contribution in [0.2, 0.25) is 0 Å². The molecule has 0 atom stereocenters. The van der Waals surface area contributed by atoms with E-state index in [1.54, 1.807) is 0 Å². The van der Waals surface area contributed by atoms with E-state index >= 15 is 0 Å². The second-order valence-electron chi connectivity index (χ2n) is 2.92. The van der Waals surface area contributed by atoms with Gasteiger partial charge >= 0.3 is 0 Å². The van der Waals surface area contributed by atoms with Gasteiger partial charge in [-0.3, -0.25) is 4.79 Å². The van der Waals surface area contributed by atoms with Crippen LogP contribution in [0, 0.1) is 0 Å². The highest BCUT2D eigenvalue weighted by Gasteiger charge is 2.04. The third-order valence-corrected chi connectivity index (χ3v) is 1.74. The standard InChI is InChI=1S/C11H18O/c1-5-7-9(3)11(12)10(4)8-6-2/h7-8H,5-6H2,1-4H3. The first kappa shape index (κ1) is 11.2. The zero-order valence-corrected chi connectivity index (χ0v) is 8.48. The predicted octanol–water partition coefficient (Wildman–Crippen LogP) is 3.27. The van der Waals surface area contributed by atoms with Crippen LogP contribution in [0.1, 0.15) is 40.5 Å². The van der Waals surface area contributed by atoms with E-state index in [2.05, 4.69) is 0 Å². The number of Topliss-reactive ketones (excluding diaryl/α,β-unsaturated/α-hetero) is 1. The molecule has 12 heavy (non-hydrogen) atoms. The van der Waals surface area contributed by atoms with E-state index in [4.69, 9.17) is 0 Å². The molecule has 1 nitrogen and oxygen atoms in total. The van der Waals surface area contributed by atoms with Crippen LogP contribution in [0.3, 0.4) is 0 Å². The van der Waals surface area contributed by atoms with Crippen LogP contribution in [0.4, 0.5) is 0 Å². The fourth-order valence-corrected chi connectivity index (χ4v) is 1.11. The van der Waals surface area contributed by atoms with E-state index in [1.807, 2.05) is 39.8 Å². The summed E-state index contributed by atoms with van der Waals surface area (Å²) >= 11 is 0. The van der Waals surface area contributed by atoms with Crippen LogP contribution >= 0.6 is 0 Å². The van der Waals surface area contributed by atoms with Crippen molar-refractivity contribution >= 4 is 5.78 Å². The largest absolute Gasteiger partial charge is 0.289 e. The normalized spacial score (nSPS) is 13.3. The van der Waals surface area contributed by atoms with Crippen LogP contribution in [-0.4, -0.2) is 5.78 Å². The molecule has 0 N–H and O–H groups in total. The van der Waals surface area contributed by atoms with Crippen molar-refractivity contribution in [3.05, 3.63) is 23.3 Å². The highest BCUT2D eigenvalue weighted by molar-refractivity contribution is 6.07. The molecule has 0 amide bonds. The Bertz CT molecular complexity index is 187. The van der Waals surface area contributed by atoms with Gasteiger partial charge in [-0.25, -0.2) is 0 Å². The molecule has 1 heteroatoms. The third kappa shape index (κ3) is 3.51. The summed E-state index contributed by atoms with van der Waals surface area (Å²) in [7, 11) is 0. The molecule has 0 heterocycles. The first-order valence-corrected chi connectivity index (χ1v) is 4.51. The summed E-state index contributed by atoms with van der Waals surface area (Å²) in [5.41, 5.74) is 1.72. The van der Waals surface area contributed by atoms with Crippen LogP contribution in [0.5, 0.6) is 0 Å². The lowest BCUT2D eigenvalue weighted by atomic mass is 10.0. The lowest BCUT2D eigenvalue weighted by molar-refractivity contribution is -0.112. The monoisotopic (exact) mass is 166 g/mol. The molecule has 0 fully saturated rings. The van der Waals surface area contributed by atoms with Gasteiger partial charge in [-0.1, -0.05) is 26.0 Å². The van der Waals surface area contributed by atoms with E-state index in [0.29, 0.717) is 0 Å². The topological polar surface area (TPSA) is 17.1 Å². The Labute approximate surface area is 75.2 Å². The van der Waals surface area contributed by atoms with Crippen LogP contribution in [0.15, 0.2) is 23.3 Å². The molecule has 0 aliphatic rings.